The van der Waals surface area contributed by atoms with Crippen LogP contribution in [-0.2, 0) is 38.1 Å². The van der Waals surface area contributed by atoms with Crippen LogP contribution in [0.25, 0.3) is 6.08 Å². The lowest BCUT2D eigenvalue weighted by Crippen LogP contribution is -2.64. The Kier molecular flexibility index (Phi) is 9.19. The van der Waals surface area contributed by atoms with E-state index in [0.717, 1.165) is 16.5 Å². The Labute approximate surface area is 201 Å². The number of carbonyl (C=O) groups excluding carboxylic acids is 3. The van der Waals surface area contributed by atoms with E-state index in [-0.39, 0.29) is 18.8 Å². The monoisotopic (exact) mass is 524 g/mol. The highest BCUT2D eigenvalue weighted by Crippen LogP contribution is 2.34. The number of halogens is 1. The van der Waals surface area contributed by atoms with E-state index < -0.39 is 48.7 Å². The Morgan fingerprint density at radius 3 is 2.36 bits per heavy atom. The molecular formula is C24H29BrO8. The zero-order valence-electron chi connectivity index (χ0n) is 18.9. The molecule has 2 heterocycles. The van der Waals surface area contributed by atoms with Crippen LogP contribution in [-0.4, -0.2) is 61.1 Å². The molecule has 0 N–H and O–H groups in total. The Balaban J connectivity index is 1.78. The number of benzene rings is 1. The molecule has 2 fully saturated rings. The Morgan fingerprint density at radius 2 is 1.73 bits per heavy atom. The van der Waals surface area contributed by atoms with E-state index in [1.165, 1.54) is 19.9 Å². The number of esters is 2. The van der Waals surface area contributed by atoms with E-state index in [9.17, 15) is 14.4 Å². The van der Waals surface area contributed by atoms with Crippen LogP contribution in [0.4, 0.5) is 0 Å². The molecule has 6 atom stereocenters. The van der Waals surface area contributed by atoms with E-state index in [1.807, 2.05) is 31.2 Å². The van der Waals surface area contributed by atoms with Crippen molar-refractivity contribution >= 4 is 39.7 Å². The number of hydrogen-bond donors (Lipinski definition) is 0. The van der Waals surface area contributed by atoms with Gasteiger partial charge in [-0.15, -0.1) is 0 Å². The molecule has 1 aromatic carbocycles. The average molecular weight is 525 g/mol. The maximum Gasteiger partial charge on any atom is 0.303 e. The van der Waals surface area contributed by atoms with Crippen molar-refractivity contribution in [2.75, 3.05) is 6.61 Å². The summed E-state index contributed by atoms with van der Waals surface area (Å²) < 4.78 is 29.8. The predicted molar refractivity (Wildman–Crippen MR) is 122 cm³/mol. The van der Waals surface area contributed by atoms with Gasteiger partial charge in [-0.05, 0) is 30.2 Å². The molecule has 3 rings (SSSR count). The molecular weight excluding hydrogens is 496 g/mol. The summed E-state index contributed by atoms with van der Waals surface area (Å²) in [5, 5.41) is 0. The molecule has 2 aliphatic rings. The van der Waals surface area contributed by atoms with Gasteiger partial charge in [0.05, 0.1) is 6.61 Å². The van der Waals surface area contributed by atoms with Crippen molar-refractivity contribution in [1.82, 2.24) is 0 Å². The summed E-state index contributed by atoms with van der Waals surface area (Å²) in [6.07, 6.45) is 0.162. The highest BCUT2D eigenvalue weighted by Gasteiger charge is 2.53. The fourth-order valence-corrected chi connectivity index (χ4v) is 4.21. The molecule has 1 unspecified atom stereocenters. The first-order valence-corrected chi connectivity index (χ1v) is 11.8. The fourth-order valence-electron chi connectivity index (χ4n) is 3.95. The van der Waals surface area contributed by atoms with E-state index >= 15 is 0 Å². The smallest absolute Gasteiger partial charge is 0.303 e. The lowest BCUT2D eigenvalue weighted by Gasteiger charge is -2.48. The number of allylic oxidation sites excluding steroid dienone is 1. The normalized spacial score (nSPS) is 29.3. The number of rotatable bonds is 8. The third-order valence-corrected chi connectivity index (χ3v) is 5.88. The molecule has 0 aromatic heterocycles. The van der Waals surface area contributed by atoms with Crippen molar-refractivity contribution in [3.05, 3.63) is 40.4 Å². The number of fused-ring (bicyclic) bond motifs is 1. The number of ketones is 1. The van der Waals surface area contributed by atoms with E-state index in [0.29, 0.717) is 6.42 Å². The van der Waals surface area contributed by atoms with Gasteiger partial charge in [-0.25, -0.2) is 0 Å². The van der Waals surface area contributed by atoms with Crippen molar-refractivity contribution in [1.29, 1.82) is 0 Å². The van der Waals surface area contributed by atoms with Gasteiger partial charge in [0.25, 0.3) is 0 Å². The Bertz CT molecular complexity index is 868. The second-order valence-corrected chi connectivity index (χ2v) is 8.98. The summed E-state index contributed by atoms with van der Waals surface area (Å²) in [7, 11) is 0. The van der Waals surface area contributed by atoms with Gasteiger partial charge in [-0.3, -0.25) is 14.4 Å². The van der Waals surface area contributed by atoms with Crippen LogP contribution >= 0.6 is 15.9 Å². The number of ether oxygens (including phenoxy) is 5. The van der Waals surface area contributed by atoms with Crippen LogP contribution < -0.4 is 0 Å². The predicted octanol–water partition coefficient (Wildman–Crippen LogP) is 3.59. The molecule has 0 spiro atoms. The summed E-state index contributed by atoms with van der Waals surface area (Å²) >= 11 is 3.37. The van der Waals surface area contributed by atoms with Crippen molar-refractivity contribution in [3.8, 4) is 0 Å². The second-order valence-electron chi connectivity index (χ2n) is 8.07. The van der Waals surface area contributed by atoms with Gasteiger partial charge >= 0.3 is 11.9 Å². The van der Waals surface area contributed by atoms with Crippen LogP contribution in [0.1, 0.15) is 45.6 Å². The van der Waals surface area contributed by atoms with Crippen molar-refractivity contribution in [2.24, 2.45) is 0 Å². The summed E-state index contributed by atoms with van der Waals surface area (Å²) in [5.41, 5.74) is 0.863. The summed E-state index contributed by atoms with van der Waals surface area (Å²) in [6, 6.07) is 7.50. The molecule has 1 aromatic rings. The van der Waals surface area contributed by atoms with Crippen molar-refractivity contribution < 1.29 is 38.1 Å². The van der Waals surface area contributed by atoms with Gasteiger partial charge in [0, 0.05) is 24.7 Å². The fraction of sp³-hybridized carbons (Fsp3) is 0.542. The lowest BCUT2D eigenvalue weighted by molar-refractivity contribution is -0.327. The maximum absolute atomic E-state index is 12.7. The minimum absolute atomic E-state index is 0.0651. The Hall–Kier alpha value is -2.07. The third kappa shape index (κ3) is 7.20. The third-order valence-electron chi connectivity index (χ3n) is 5.35. The first-order valence-electron chi connectivity index (χ1n) is 11.0. The van der Waals surface area contributed by atoms with E-state index in [4.69, 9.17) is 23.7 Å². The van der Waals surface area contributed by atoms with Crippen LogP contribution in [0.5, 0.6) is 0 Å². The quantitative estimate of drug-likeness (QED) is 0.375. The molecule has 0 aliphatic carbocycles. The van der Waals surface area contributed by atoms with Crippen molar-refractivity contribution in [2.45, 2.75) is 76.8 Å². The highest BCUT2D eigenvalue weighted by atomic mass is 79.9. The minimum Gasteiger partial charge on any atom is -0.456 e. The van der Waals surface area contributed by atoms with E-state index in [1.54, 1.807) is 6.08 Å². The standard InChI is InChI=1S/C24H29BrO8/c1-4-5-21-29-13-20-23(33-21)24(31-15(3)27)22(30-14(2)26)19(32-20)12-18(28)11-8-16-6-9-17(25)10-7-16/h6-11,19-24H,4-5,12-13H2,1-3H3/b11-8+/t19-,20+,21?,22-,23+,24+/m0/s1. The molecule has 2 saturated heterocycles. The molecule has 9 heteroatoms. The first kappa shape index (κ1) is 25.6. The van der Waals surface area contributed by atoms with Crippen molar-refractivity contribution in [3.63, 3.8) is 0 Å². The molecule has 0 bridgehead atoms. The highest BCUT2D eigenvalue weighted by molar-refractivity contribution is 9.10. The SMILES string of the molecule is CCCC1OC[C@H]2O[C@@H](CC(=O)/C=C/c3ccc(Br)cc3)[C@H](OC(C)=O)[C@@H](OC(C)=O)[C@@H]2O1. The summed E-state index contributed by atoms with van der Waals surface area (Å²) in [5.74, 6) is -1.33. The largest absolute Gasteiger partial charge is 0.456 e. The number of hydrogen-bond acceptors (Lipinski definition) is 8. The van der Waals surface area contributed by atoms with Crippen LogP contribution in [0.15, 0.2) is 34.8 Å². The van der Waals surface area contributed by atoms with Gasteiger partial charge < -0.3 is 23.7 Å². The maximum atomic E-state index is 12.7. The molecule has 33 heavy (non-hydrogen) atoms. The van der Waals surface area contributed by atoms with Gasteiger partial charge in [-0.1, -0.05) is 47.5 Å². The van der Waals surface area contributed by atoms with Crippen LogP contribution in [0.2, 0.25) is 0 Å². The zero-order valence-corrected chi connectivity index (χ0v) is 20.5. The van der Waals surface area contributed by atoms with Crippen LogP contribution in [0, 0.1) is 0 Å². The summed E-state index contributed by atoms with van der Waals surface area (Å²) in [6.45, 7) is 4.76. The van der Waals surface area contributed by atoms with Gasteiger partial charge in [0.15, 0.2) is 24.3 Å². The van der Waals surface area contributed by atoms with Gasteiger partial charge in [0.1, 0.15) is 18.3 Å². The zero-order chi connectivity index (χ0) is 24.0. The molecule has 0 amide bonds. The van der Waals surface area contributed by atoms with E-state index in [2.05, 4.69) is 15.9 Å². The molecule has 180 valence electrons. The molecule has 8 nitrogen and oxygen atoms in total. The average Bonchev–Trinajstić information content (AvgIpc) is 2.75. The van der Waals surface area contributed by atoms with Crippen LogP contribution in [0.3, 0.4) is 0 Å². The first-order chi connectivity index (χ1) is 15.8. The minimum atomic E-state index is -0.988. The molecule has 0 radical (unpaired) electrons. The summed E-state index contributed by atoms with van der Waals surface area (Å²) in [4.78, 5) is 36.4. The number of carbonyl (C=O) groups is 3. The van der Waals surface area contributed by atoms with Gasteiger partial charge in [0.2, 0.25) is 0 Å². The topological polar surface area (TPSA) is 97.4 Å². The molecule has 2 aliphatic heterocycles. The Morgan fingerprint density at radius 1 is 1.06 bits per heavy atom. The van der Waals surface area contributed by atoms with Gasteiger partial charge in [-0.2, -0.15) is 0 Å². The lowest BCUT2D eigenvalue weighted by atomic mass is 9.91. The second kappa shape index (κ2) is 11.9. The molecule has 0 saturated carbocycles.